The van der Waals surface area contributed by atoms with Crippen LogP contribution in [0.5, 0.6) is 0 Å². The first-order chi connectivity index (χ1) is 6.72. The molecule has 0 spiro atoms. The topological polar surface area (TPSA) is 26.0 Å². The first kappa shape index (κ1) is 9.66. The molecule has 0 aliphatic heterocycles. The Labute approximate surface area is 84.1 Å². The van der Waals surface area contributed by atoms with E-state index in [-0.39, 0.29) is 11.9 Å². The van der Waals surface area contributed by atoms with E-state index in [2.05, 4.69) is 6.92 Å². The lowest BCUT2D eigenvalue weighted by atomic mass is 9.96. The molecule has 2 N–H and O–H groups in total. The van der Waals surface area contributed by atoms with Gasteiger partial charge in [-0.1, -0.05) is 13.0 Å². The Hall–Kier alpha value is -0.890. The van der Waals surface area contributed by atoms with Gasteiger partial charge in [0.05, 0.1) is 0 Å². The van der Waals surface area contributed by atoms with Crippen molar-refractivity contribution in [3.8, 4) is 0 Å². The van der Waals surface area contributed by atoms with Crippen LogP contribution in [0.3, 0.4) is 0 Å². The fraction of sp³-hybridized carbons (Fsp3) is 0.500. The van der Waals surface area contributed by atoms with Crippen molar-refractivity contribution < 1.29 is 4.39 Å². The summed E-state index contributed by atoms with van der Waals surface area (Å²) in [5, 5.41) is 0. The van der Waals surface area contributed by atoms with E-state index in [9.17, 15) is 4.39 Å². The second kappa shape index (κ2) is 3.70. The molecule has 1 aromatic rings. The Kier molecular flexibility index (Phi) is 2.55. The molecule has 76 valence electrons. The number of aryl methyl sites for hydroxylation is 1. The van der Waals surface area contributed by atoms with E-state index in [1.54, 1.807) is 6.07 Å². The van der Waals surface area contributed by atoms with Gasteiger partial charge in [-0.25, -0.2) is 4.39 Å². The van der Waals surface area contributed by atoms with Crippen molar-refractivity contribution >= 4 is 0 Å². The van der Waals surface area contributed by atoms with Crippen LogP contribution in [0.4, 0.5) is 4.39 Å². The lowest BCUT2D eigenvalue weighted by molar-refractivity contribution is 0.597. The third-order valence-corrected chi connectivity index (χ3v) is 2.98. The van der Waals surface area contributed by atoms with Crippen molar-refractivity contribution in [3.05, 3.63) is 35.1 Å². The largest absolute Gasteiger partial charge is 0.324 e. The summed E-state index contributed by atoms with van der Waals surface area (Å²) >= 11 is 0. The SMILES string of the molecule is CCc1ccc(F)cc1[C@@H](N)C1CC1. The molecule has 1 atom stereocenters. The van der Waals surface area contributed by atoms with Crippen LogP contribution >= 0.6 is 0 Å². The molecule has 1 aliphatic carbocycles. The molecule has 0 heterocycles. The monoisotopic (exact) mass is 193 g/mol. The smallest absolute Gasteiger partial charge is 0.123 e. The highest BCUT2D eigenvalue weighted by atomic mass is 19.1. The maximum atomic E-state index is 13.1. The minimum atomic E-state index is -0.173. The van der Waals surface area contributed by atoms with Gasteiger partial charge in [0.1, 0.15) is 5.82 Å². The molecular weight excluding hydrogens is 177 g/mol. The van der Waals surface area contributed by atoms with Crippen LogP contribution in [0.25, 0.3) is 0 Å². The third-order valence-electron chi connectivity index (χ3n) is 2.98. The van der Waals surface area contributed by atoms with Gasteiger partial charge >= 0.3 is 0 Å². The molecule has 0 amide bonds. The van der Waals surface area contributed by atoms with Crippen LogP contribution in [0, 0.1) is 11.7 Å². The van der Waals surface area contributed by atoms with Crippen molar-refractivity contribution in [3.63, 3.8) is 0 Å². The number of rotatable bonds is 3. The highest BCUT2D eigenvalue weighted by molar-refractivity contribution is 5.31. The number of benzene rings is 1. The van der Waals surface area contributed by atoms with Crippen LogP contribution in [0.1, 0.15) is 36.9 Å². The highest BCUT2D eigenvalue weighted by Gasteiger charge is 2.30. The summed E-state index contributed by atoms with van der Waals surface area (Å²) in [7, 11) is 0. The van der Waals surface area contributed by atoms with Crippen molar-refractivity contribution in [2.75, 3.05) is 0 Å². The molecule has 2 heteroatoms. The lowest BCUT2D eigenvalue weighted by Gasteiger charge is -2.15. The van der Waals surface area contributed by atoms with E-state index in [1.807, 2.05) is 6.07 Å². The summed E-state index contributed by atoms with van der Waals surface area (Å²) in [5.41, 5.74) is 8.27. The predicted octanol–water partition coefficient (Wildman–Crippen LogP) is 2.80. The number of halogens is 1. The first-order valence-electron chi connectivity index (χ1n) is 5.26. The molecule has 2 rings (SSSR count). The molecule has 0 unspecified atom stereocenters. The van der Waals surface area contributed by atoms with Crippen molar-refractivity contribution in [1.29, 1.82) is 0 Å². The van der Waals surface area contributed by atoms with E-state index in [4.69, 9.17) is 5.73 Å². The minimum absolute atomic E-state index is 0.0423. The fourth-order valence-corrected chi connectivity index (χ4v) is 1.91. The van der Waals surface area contributed by atoms with Gasteiger partial charge in [-0.05, 0) is 48.4 Å². The Morgan fingerprint density at radius 2 is 2.21 bits per heavy atom. The standard InChI is InChI=1S/C12H16FN/c1-2-8-5-6-10(13)7-11(8)12(14)9-3-4-9/h5-7,9,12H,2-4,14H2,1H3/t12-/m0/s1. The summed E-state index contributed by atoms with van der Waals surface area (Å²) < 4.78 is 13.1. The molecule has 0 bridgehead atoms. The molecule has 1 saturated carbocycles. The summed E-state index contributed by atoms with van der Waals surface area (Å²) in [6.07, 6.45) is 3.32. The number of hydrogen-bond acceptors (Lipinski definition) is 1. The van der Waals surface area contributed by atoms with Gasteiger partial charge in [0.25, 0.3) is 0 Å². The average molecular weight is 193 g/mol. The van der Waals surface area contributed by atoms with E-state index in [1.165, 1.54) is 24.5 Å². The van der Waals surface area contributed by atoms with Gasteiger partial charge in [-0.15, -0.1) is 0 Å². The zero-order chi connectivity index (χ0) is 10.1. The second-order valence-corrected chi connectivity index (χ2v) is 4.06. The molecule has 0 radical (unpaired) electrons. The van der Waals surface area contributed by atoms with Crippen LogP contribution in [-0.2, 0) is 6.42 Å². The van der Waals surface area contributed by atoms with Gasteiger partial charge in [-0.3, -0.25) is 0 Å². The summed E-state index contributed by atoms with van der Waals surface area (Å²) in [6.45, 7) is 2.08. The van der Waals surface area contributed by atoms with Crippen molar-refractivity contribution in [2.24, 2.45) is 11.7 Å². The van der Waals surface area contributed by atoms with E-state index in [0.717, 1.165) is 12.0 Å². The number of nitrogens with two attached hydrogens (primary N) is 1. The van der Waals surface area contributed by atoms with Crippen LogP contribution < -0.4 is 5.73 Å². The molecule has 14 heavy (non-hydrogen) atoms. The fourth-order valence-electron chi connectivity index (χ4n) is 1.91. The zero-order valence-corrected chi connectivity index (χ0v) is 8.46. The number of hydrogen-bond donors (Lipinski definition) is 1. The second-order valence-electron chi connectivity index (χ2n) is 4.06. The van der Waals surface area contributed by atoms with E-state index >= 15 is 0 Å². The minimum Gasteiger partial charge on any atom is -0.324 e. The highest BCUT2D eigenvalue weighted by Crippen LogP contribution is 2.40. The lowest BCUT2D eigenvalue weighted by Crippen LogP contribution is -2.14. The van der Waals surface area contributed by atoms with E-state index in [0.29, 0.717) is 5.92 Å². The molecule has 0 aromatic heterocycles. The Morgan fingerprint density at radius 3 is 2.79 bits per heavy atom. The van der Waals surface area contributed by atoms with E-state index < -0.39 is 0 Å². The van der Waals surface area contributed by atoms with Crippen molar-refractivity contribution in [1.82, 2.24) is 0 Å². The van der Waals surface area contributed by atoms with Gasteiger partial charge in [0.15, 0.2) is 0 Å². The predicted molar refractivity (Wildman–Crippen MR) is 55.4 cm³/mol. The Balaban J connectivity index is 2.32. The maximum absolute atomic E-state index is 13.1. The van der Waals surface area contributed by atoms with Gasteiger partial charge < -0.3 is 5.73 Å². The molecular formula is C12H16FN. The normalized spacial score (nSPS) is 18.2. The summed E-state index contributed by atoms with van der Waals surface area (Å²) in [5.74, 6) is 0.412. The first-order valence-corrected chi connectivity index (χ1v) is 5.26. The van der Waals surface area contributed by atoms with Crippen LogP contribution in [0.2, 0.25) is 0 Å². The van der Waals surface area contributed by atoms with Gasteiger partial charge in [0, 0.05) is 6.04 Å². The molecule has 1 nitrogen and oxygen atoms in total. The Morgan fingerprint density at radius 1 is 1.50 bits per heavy atom. The summed E-state index contributed by atoms with van der Waals surface area (Å²) in [6, 6.07) is 5.01. The maximum Gasteiger partial charge on any atom is 0.123 e. The van der Waals surface area contributed by atoms with Crippen LogP contribution in [0.15, 0.2) is 18.2 Å². The molecule has 1 aromatic carbocycles. The van der Waals surface area contributed by atoms with Gasteiger partial charge in [0.2, 0.25) is 0 Å². The third kappa shape index (κ3) is 1.80. The molecule has 1 fully saturated rings. The van der Waals surface area contributed by atoms with Crippen LogP contribution in [-0.4, -0.2) is 0 Å². The Bertz CT molecular complexity index is 331. The van der Waals surface area contributed by atoms with Gasteiger partial charge in [-0.2, -0.15) is 0 Å². The zero-order valence-electron chi connectivity index (χ0n) is 8.46. The van der Waals surface area contributed by atoms with Crippen molar-refractivity contribution in [2.45, 2.75) is 32.2 Å². The summed E-state index contributed by atoms with van der Waals surface area (Å²) in [4.78, 5) is 0. The molecule has 1 aliphatic rings. The average Bonchev–Trinajstić information content (AvgIpc) is 3.00. The molecule has 0 saturated heterocycles. The quantitative estimate of drug-likeness (QED) is 0.784.